The van der Waals surface area contributed by atoms with Crippen LogP contribution in [0.5, 0.6) is 11.5 Å². The summed E-state index contributed by atoms with van der Waals surface area (Å²) in [6.07, 6.45) is 2.87. The standard InChI is InChI=1S/C33H29F5N4O5/c1-15-5-16-6-17(7-24(47-31(37)38)26(16)40-11-15)29(44)41-12-33(13-43,18-3-4-18)25-9-20-28(46-14-32(20,2)30(39)45)27(42-25)19-8-22(35)23(36)10-21(19)34/h5-7,9-11,13,18-19,31H,3-4,8,12,14H2,1-2H3,(H2,39,45)(H,41,44)/t19?,32-,33+/m0/s1. The Morgan fingerprint density at radius 3 is 2.62 bits per heavy atom. The zero-order chi connectivity index (χ0) is 33.8. The van der Waals surface area contributed by atoms with Crippen LogP contribution in [0.15, 0.2) is 54.0 Å². The fraction of sp³-hybridized carbons (Fsp3) is 0.364. The molecule has 1 aromatic carbocycles. The van der Waals surface area contributed by atoms with Crippen LogP contribution in [0.3, 0.4) is 0 Å². The number of aromatic nitrogens is 2. The normalized spacial score (nSPS) is 22.0. The molecule has 14 heteroatoms. The van der Waals surface area contributed by atoms with Crippen LogP contribution in [0.4, 0.5) is 22.0 Å². The Kier molecular flexibility index (Phi) is 8.00. The van der Waals surface area contributed by atoms with E-state index in [1.54, 1.807) is 13.0 Å². The molecule has 0 bridgehead atoms. The summed E-state index contributed by atoms with van der Waals surface area (Å²) >= 11 is 0. The Morgan fingerprint density at radius 1 is 1.21 bits per heavy atom. The topological polar surface area (TPSA) is 134 Å². The second-order valence-corrected chi connectivity index (χ2v) is 12.3. The van der Waals surface area contributed by atoms with E-state index in [2.05, 4.69) is 20.0 Å². The highest BCUT2D eigenvalue weighted by molar-refractivity contribution is 6.00. The molecule has 3 aliphatic rings. The highest BCUT2D eigenvalue weighted by Gasteiger charge is 2.51. The summed E-state index contributed by atoms with van der Waals surface area (Å²) < 4.78 is 80.4. The van der Waals surface area contributed by atoms with E-state index < -0.39 is 59.1 Å². The third-order valence-corrected chi connectivity index (χ3v) is 9.11. The average molecular weight is 657 g/mol. The van der Waals surface area contributed by atoms with Crippen molar-refractivity contribution < 1.29 is 45.8 Å². The van der Waals surface area contributed by atoms with Gasteiger partial charge in [-0.3, -0.25) is 19.6 Å². The van der Waals surface area contributed by atoms with Crippen LogP contribution in [0.1, 0.15) is 65.0 Å². The van der Waals surface area contributed by atoms with Crippen molar-refractivity contribution in [2.45, 2.75) is 56.5 Å². The minimum Gasteiger partial charge on any atom is -0.490 e. The van der Waals surface area contributed by atoms with Crippen LogP contribution in [0.25, 0.3) is 10.9 Å². The van der Waals surface area contributed by atoms with Crippen molar-refractivity contribution in [2.75, 3.05) is 13.2 Å². The number of aldehydes is 1. The van der Waals surface area contributed by atoms with Crippen molar-refractivity contribution >= 4 is 29.0 Å². The fourth-order valence-corrected chi connectivity index (χ4v) is 6.20. The van der Waals surface area contributed by atoms with Crippen molar-refractivity contribution in [2.24, 2.45) is 11.7 Å². The van der Waals surface area contributed by atoms with Crippen LogP contribution < -0.4 is 20.5 Å². The first-order chi connectivity index (χ1) is 22.3. The molecular formula is C33H29F5N4O5. The molecule has 1 aliphatic heterocycles. The smallest absolute Gasteiger partial charge is 0.387 e. The Morgan fingerprint density at radius 2 is 1.96 bits per heavy atom. The number of pyridine rings is 2. The maximum Gasteiger partial charge on any atom is 0.387 e. The number of benzene rings is 1. The lowest BCUT2D eigenvalue weighted by Gasteiger charge is -2.31. The zero-order valence-electron chi connectivity index (χ0n) is 25.2. The molecule has 9 nitrogen and oxygen atoms in total. The van der Waals surface area contributed by atoms with Gasteiger partial charge in [0, 0.05) is 41.8 Å². The molecule has 3 N–H and O–H groups in total. The number of carbonyl (C=O) groups is 3. The number of allylic oxidation sites excluding steroid dienone is 4. The van der Waals surface area contributed by atoms with Crippen LogP contribution in [0.2, 0.25) is 0 Å². The maximum absolute atomic E-state index is 15.2. The van der Waals surface area contributed by atoms with Gasteiger partial charge in [0.15, 0.2) is 11.6 Å². The summed E-state index contributed by atoms with van der Waals surface area (Å²) in [5.41, 5.74) is 3.65. The molecule has 3 aromatic rings. The van der Waals surface area contributed by atoms with Gasteiger partial charge in [-0.05, 0) is 62.4 Å². The predicted molar refractivity (Wildman–Crippen MR) is 158 cm³/mol. The second kappa shape index (κ2) is 11.7. The van der Waals surface area contributed by atoms with Gasteiger partial charge < -0.3 is 25.3 Å². The minimum atomic E-state index is -3.18. The van der Waals surface area contributed by atoms with Gasteiger partial charge in [0.2, 0.25) is 5.91 Å². The monoisotopic (exact) mass is 656 g/mol. The van der Waals surface area contributed by atoms with Crippen molar-refractivity contribution in [3.63, 3.8) is 0 Å². The van der Waals surface area contributed by atoms with Gasteiger partial charge >= 0.3 is 6.61 Å². The number of alkyl halides is 2. The van der Waals surface area contributed by atoms with Crippen LogP contribution in [0, 0.1) is 12.8 Å². The third kappa shape index (κ3) is 5.59. The van der Waals surface area contributed by atoms with E-state index in [-0.39, 0.29) is 58.6 Å². The average Bonchev–Trinajstić information content (AvgIpc) is 3.81. The van der Waals surface area contributed by atoms with E-state index in [9.17, 15) is 31.9 Å². The third-order valence-electron chi connectivity index (χ3n) is 9.11. The summed E-state index contributed by atoms with van der Waals surface area (Å²) in [7, 11) is 0. The molecule has 2 amide bonds. The number of primary amides is 1. The molecule has 1 fully saturated rings. The van der Waals surface area contributed by atoms with Crippen molar-refractivity contribution in [1.29, 1.82) is 0 Å². The van der Waals surface area contributed by atoms with Crippen LogP contribution in [-0.4, -0.2) is 47.8 Å². The number of nitrogens with zero attached hydrogens (tertiary/aromatic N) is 2. The molecule has 47 heavy (non-hydrogen) atoms. The number of ether oxygens (including phenoxy) is 2. The molecular weight excluding hydrogens is 627 g/mol. The lowest BCUT2D eigenvalue weighted by molar-refractivity contribution is -0.123. The van der Waals surface area contributed by atoms with E-state index in [1.807, 2.05) is 0 Å². The lowest BCUT2D eigenvalue weighted by atomic mass is 9.76. The van der Waals surface area contributed by atoms with Crippen molar-refractivity contribution in [3.05, 3.63) is 82.1 Å². The summed E-state index contributed by atoms with van der Waals surface area (Å²) in [6, 6.07) is 5.66. The van der Waals surface area contributed by atoms with E-state index in [1.165, 1.54) is 25.3 Å². The Labute approximate surface area is 265 Å². The number of nitrogens with one attached hydrogen (secondary N) is 1. The Balaban J connectivity index is 1.42. The number of carbonyl (C=O) groups excluding carboxylic acids is 3. The molecule has 0 radical (unpaired) electrons. The van der Waals surface area contributed by atoms with Crippen molar-refractivity contribution in [3.8, 4) is 11.5 Å². The molecule has 246 valence electrons. The Bertz CT molecular complexity index is 1890. The summed E-state index contributed by atoms with van der Waals surface area (Å²) in [5, 5.41) is 3.07. The first-order valence-electron chi connectivity index (χ1n) is 14.8. The molecule has 1 saturated carbocycles. The fourth-order valence-electron chi connectivity index (χ4n) is 6.20. The zero-order valence-corrected chi connectivity index (χ0v) is 25.2. The summed E-state index contributed by atoms with van der Waals surface area (Å²) in [4.78, 5) is 47.9. The highest BCUT2D eigenvalue weighted by atomic mass is 19.3. The van der Waals surface area contributed by atoms with Gasteiger partial charge in [-0.15, -0.1) is 0 Å². The van der Waals surface area contributed by atoms with E-state index >= 15 is 4.39 Å². The molecule has 2 aromatic heterocycles. The second-order valence-electron chi connectivity index (χ2n) is 12.3. The number of fused-ring (bicyclic) bond motifs is 2. The number of rotatable bonds is 10. The van der Waals surface area contributed by atoms with Crippen LogP contribution in [-0.2, 0) is 20.4 Å². The SMILES string of the molecule is Cc1cnc2c(OC(F)F)cc(C(=O)NC[C@](C=O)(c3cc4c(c(C5CC(F)=C(F)C=C5F)n3)OC[C@]4(C)C(N)=O)C3CC3)cc2c1. The number of nitrogens with two attached hydrogens (primary N) is 1. The molecule has 0 spiro atoms. The molecule has 3 atom stereocenters. The highest BCUT2D eigenvalue weighted by Crippen LogP contribution is 2.51. The quantitative estimate of drug-likeness (QED) is 0.219. The van der Waals surface area contributed by atoms with Crippen molar-refractivity contribution in [1.82, 2.24) is 15.3 Å². The molecule has 1 unspecified atom stereocenters. The van der Waals surface area contributed by atoms with E-state index in [0.29, 0.717) is 36.2 Å². The molecule has 2 aliphatic carbocycles. The van der Waals surface area contributed by atoms with Crippen LogP contribution >= 0.6 is 0 Å². The number of halogens is 5. The molecule has 3 heterocycles. The number of aryl methyl sites for hydroxylation is 1. The predicted octanol–water partition coefficient (Wildman–Crippen LogP) is 5.44. The van der Waals surface area contributed by atoms with Gasteiger partial charge in [-0.1, -0.05) is 0 Å². The lowest BCUT2D eigenvalue weighted by Crippen LogP contribution is -2.45. The molecule has 0 saturated heterocycles. The summed E-state index contributed by atoms with van der Waals surface area (Å²) in [5.74, 6) is -7.23. The minimum absolute atomic E-state index is 0.0232. The number of hydrogen-bond acceptors (Lipinski definition) is 7. The number of hydrogen-bond donors (Lipinski definition) is 2. The maximum atomic E-state index is 15.2. The largest absolute Gasteiger partial charge is 0.490 e. The first kappa shape index (κ1) is 32.1. The van der Waals surface area contributed by atoms with E-state index in [4.69, 9.17) is 10.5 Å². The molecule has 6 rings (SSSR count). The number of amides is 2. The van der Waals surface area contributed by atoms with E-state index in [0.717, 1.165) is 6.07 Å². The van der Waals surface area contributed by atoms with Gasteiger partial charge in [0.05, 0.1) is 22.7 Å². The first-order valence-corrected chi connectivity index (χ1v) is 14.8. The van der Waals surface area contributed by atoms with Gasteiger partial charge in [0.1, 0.15) is 41.2 Å². The Hall–Kier alpha value is -4.88. The summed E-state index contributed by atoms with van der Waals surface area (Å²) in [6.45, 7) is -0.521. The van der Waals surface area contributed by atoms with Gasteiger partial charge in [-0.25, -0.2) is 13.2 Å². The van der Waals surface area contributed by atoms with Gasteiger partial charge in [-0.2, -0.15) is 8.78 Å². The van der Waals surface area contributed by atoms with Gasteiger partial charge in [0.25, 0.3) is 5.91 Å².